The molecular weight excluding hydrogens is 547 g/mol. The summed E-state index contributed by atoms with van der Waals surface area (Å²) in [5.74, 6) is 1.43. The van der Waals surface area contributed by atoms with Gasteiger partial charge >= 0.3 is 0 Å². The van der Waals surface area contributed by atoms with Crippen LogP contribution in [0.25, 0.3) is 49.7 Å². The van der Waals surface area contributed by atoms with Crippen molar-refractivity contribution in [2.75, 3.05) is 4.90 Å². The summed E-state index contributed by atoms with van der Waals surface area (Å²) in [7, 11) is 0. The van der Waals surface area contributed by atoms with E-state index in [9.17, 15) is 0 Å². The molecule has 9 rings (SSSR count). The number of hydrogen-bond donors (Lipinski definition) is 0. The van der Waals surface area contributed by atoms with E-state index in [1.165, 1.54) is 15.2 Å². The zero-order valence-electron chi connectivity index (χ0n) is 22.9. The van der Waals surface area contributed by atoms with E-state index in [-0.39, 0.29) is 0 Å². The first kappa shape index (κ1) is 24.2. The van der Waals surface area contributed by atoms with Crippen molar-refractivity contribution in [3.63, 3.8) is 0 Å². The summed E-state index contributed by atoms with van der Waals surface area (Å²) < 4.78 is 2.24. The Morgan fingerprint density at radius 1 is 0.558 bits per heavy atom. The van der Waals surface area contributed by atoms with Crippen LogP contribution in [0.1, 0.15) is 0 Å². The number of aromatic nitrogens is 4. The van der Waals surface area contributed by atoms with Crippen LogP contribution in [0.4, 0.5) is 17.3 Å². The van der Waals surface area contributed by atoms with E-state index in [0.29, 0.717) is 5.95 Å². The highest BCUT2D eigenvalue weighted by molar-refractivity contribution is 7.99. The Labute approximate surface area is 252 Å². The molecule has 0 saturated carbocycles. The molecule has 4 heterocycles. The third-order valence-corrected chi connectivity index (χ3v) is 9.23. The lowest BCUT2D eigenvalue weighted by atomic mass is 10.0. The number of pyridine rings is 1. The molecule has 0 aliphatic carbocycles. The summed E-state index contributed by atoms with van der Waals surface area (Å²) in [6, 6.07) is 44.5. The molecule has 0 saturated heterocycles. The molecule has 0 amide bonds. The number of nitrogens with zero attached hydrogens (tertiary/aromatic N) is 5. The van der Waals surface area contributed by atoms with Crippen molar-refractivity contribution in [3.05, 3.63) is 140 Å². The van der Waals surface area contributed by atoms with Crippen LogP contribution in [0.3, 0.4) is 0 Å². The molecule has 202 valence electrons. The second-order valence-electron chi connectivity index (χ2n) is 10.6. The Morgan fingerprint density at radius 2 is 1.23 bits per heavy atom. The number of anilines is 3. The topological polar surface area (TPSA) is 46.8 Å². The molecule has 0 bridgehead atoms. The van der Waals surface area contributed by atoms with Gasteiger partial charge in [-0.25, -0.2) is 4.98 Å². The molecule has 5 aromatic carbocycles. The van der Waals surface area contributed by atoms with Gasteiger partial charge < -0.3 is 0 Å². The van der Waals surface area contributed by atoms with Gasteiger partial charge in [0, 0.05) is 44.6 Å². The Balaban J connectivity index is 1.39. The van der Waals surface area contributed by atoms with Gasteiger partial charge in [0.2, 0.25) is 5.95 Å². The molecule has 8 aromatic rings. The monoisotopic (exact) mass is 569 g/mol. The lowest BCUT2D eigenvalue weighted by Crippen LogP contribution is -2.18. The van der Waals surface area contributed by atoms with Crippen molar-refractivity contribution in [2.45, 2.75) is 9.79 Å². The fourth-order valence-electron chi connectivity index (χ4n) is 6.21. The minimum Gasteiger partial charge on any atom is -0.293 e. The summed E-state index contributed by atoms with van der Waals surface area (Å²) in [6.45, 7) is 0. The Morgan fingerprint density at radius 3 is 2.07 bits per heavy atom. The quantitative estimate of drug-likeness (QED) is 0.212. The van der Waals surface area contributed by atoms with Crippen LogP contribution in [0.5, 0.6) is 0 Å². The molecule has 0 spiro atoms. The van der Waals surface area contributed by atoms with E-state index < -0.39 is 0 Å². The summed E-state index contributed by atoms with van der Waals surface area (Å²) in [4.78, 5) is 19.7. The normalized spacial score (nSPS) is 12.5. The highest BCUT2D eigenvalue weighted by Gasteiger charge is 2.28. The first-order chi connectivity index (χ1) is 21.3. The van der Waals surface area contributed by atoms with Crippen LogP contribution in [-0.4, -0.2) is 19.5 Å². The molecule has 5 nitrogen and oxygen atoms in total. The molecule has 43 heavy (non-hydrogen) atoms. The zero-order valence-corrected chi connectivity index (χ0v) is 23.7. The first-order valence-electron chi connectivity index (χ1n) is 14.2. The molecule has 0 unspecified atom stereocenters. The molecule has 0 radical (unpaired) electrons. The highest BCUT2D eigenvalue weighted by atomic mass is 32.2. The standard InChI is InChI=1S/C37H23N5S/c1-2-12-25-24(10-1)11-9-14-26(25)29-22-36(41-30-15-4-3-13-27(30)28-23-38-21-20-31(28)41)40-37(39-29)42-32-16-5-7-18-34(32)43-35-19-8-6-17-33(35)42/h1-23H. The van der Waals surface area contributed by atoms with E-state index in [1.807, 2.05) is 12.4 Å². The molecule has 6 heteroatoms. The number of rotatable bonds is 3. The van der Waals surface area contributed by atoms with E-state index >= 15 is 0 Å². The van der Waals surface area contributed by atoms with Crippen LogP contribution < -0.4 is 4.90 Å². The van der Waals surface area contributed by atoms with Crippen molar-refractivity contribution in [1.82, 2.24) is 19.5 Å². The maximum absolute atomic E-state index is 5.35. The number of benzene rings is 5. The second-order valence-corrected chi connectivity index (χ2v) is 11.6. The maximum atomic E-state index is 5.35. The van der Waals surface area contributed by atoms with Crippen LogP contribution >= 0.6 is 11.8 Å². The van der Waals surface area contributed by atoms with Crippen molar-refractivity contribution >= 4 is 61.7 Å². The first-order valence-corrected chi connectivity index (χ1v) is 15.0. The summed E-state index contributed by atoms with van der Waals surface area (Å²) in [5, 5.41) is 4.56. The Hall–Kier alpha value is -5.46. The average Bonchev–Trinajstić information content (AvgIpc) is 3.41. The smallest absolute Gasteiger partial charge is 0.237 e. The van der Waals surface area contributed by atoms with Crippen LogP contribution in [0, 0.1) is 0 Å². The van der Waals surface area contributed by atoms with Crippen molar-refractivity contribution in [2.24, 2.45) is 0 Å². The van der Waals surface area contributed by atoms with Gasteiger partial charge in [-0.05, 0) is 47.2 Å². The third kappa shape index (κ3) is 3.77. The van der Waals surface area contributed by atoms with Gasteiger partial charge in [0.15, 0.2) is 0 Å². The molecular formula is C37H23N5S. The van der Waals surface area contributed by atoms with Crippen molar-refractivity contribution < 1.29 is 0 Å². The van der Waals surface area contributed by atoms with Crippen LogP contribution in [0.15, 0.2) is 150 Å². The average molecular weight is 570 g/mol. The number of para-hydroxylation sites is 3. The third-order valence-electron chi connectivity index (χ3n) is 8.10. The summed E-state index contributed by atoms with van der Waals surface area (Å²) in [5.41, 5.74) is 6.20. The predicted octanol–water partition coefficient (Wildman–Crippen LogP) is 9.72. The summed E-state index contributed by atoms with van der Waals surface area (Å²) >= 11 is 1.78. The molecule has 0 fully saturated rings. The van der Waals surface area contributed by atoms with E-state index in [2.05, 4.69) is 142 Å². The van der Waals surface area contributed by atoms with Crippen molar-refractivity contribution in [3.8, 4) is 17.1 Å². The predicted molar refractivity (Wildman–Crippen MR) is 176 cm³/mol. The maximum Gasteiger partial charge on any atom is 0.237 e. The van der Waals surface area contributed by atoms with Gasteiger partial charge in [-0.1, -0.05) is 96.7 Å². The summed E-state index contributed by atoms with van der Waals surface area (Å²) in [6.07, 6.45) is 3.79. The molecule has 1 aliphatic heterocycles. The molecule has 0 atom stereocenters. The van der Waals surface area contributed by atoms with Crippen molar-refractivity contribution in [1.29, 1.82) is 0 Å². The second kappa shape index (κ2) is 9.54. The lowest BCUT2D eigenvalue weighted by molar-refractivity contribution is 0.996. The van der Waals surface area contributed by atoms with Gasteiger partial charge in [0.25, 0.3) is 0 Å². The van der Waals surface area contributed by atoms with Gasteiger partial charge in [-0.15, -0.1) is 0 Å². The lowest BCUT2D eigenvalue weighted by Gasteiger charge is -2.31. The van der Waals surface area contributed by atoms with Gasteiger partial charge in [0.1, 0.15) is 5.82 Å². The Kier molecular flexibility index (Phi) is 5.36. The SMILES string of the molecule is c1ccc2c(c1)Sc1ccccc1N2c1nc(-c2cccc3ccccc23)cc(-n2c3ccccc3c3cnccc32)n1. The van der Waals surface area contributed by atoms with Gasteiger partial charge in [0.05, 0.1) is 28.1 Å². The van der Waals surface area contributed by atoms with E-state index in [1.54, 1.807) is 11.8 Å². The van der Waals surface area contributed by atoms with Crippen LogP contribution in [-0.2, 0) is 0 Å². The zero-order chi connectivity index (χ0) is 28.3. The van der Waals surface area contributed by atoms with Gasteiger partial charge in [-0.3, -0.25) is 14.5 Å². The fraction of sp³-hybridized carbons (Fsp3) is 0. The van der Waals surface area contributed by atoms with Gasteiger partial charge in [-0.2, -0.15) is 4.98 Å². The number of hydrogen-bond acceptors (Lipinski definition) is 5. The highest BCUT2D eigenvalue weighted by Crippen LogP contribution is 2.50. The van der Waals surface area contributed by atoms with E-state index in [0.717, 1.165) is 55.6 Å². The van der Waals surface area contributed by atoms with E-state index in [4.69, 9.17) is 9.97 Å². The number of fused-ring (bicyclic) bond motifs is 6. The minimum atomic E-state index is 0.626. The minimum absolute atomic E-state index is 0.626. The molecule has 1 aliphatic rings. The largest absolute Gasteiger partial charge is 0.293 e. The Bertz CT molecular complexity index is 2250. The molecule has 0 N–H and O–H groups in total. The van der Waals surface area contributed by atoms with Crippen LogP contribution in [0.2, 0.25) is 0 Å². The fourth-order valence-corrected chi connectivity index (χ4v) is 7.26. The molecule has 3 aromatic heterocycles.